The molecule has 0 radical (unpaired) electrons. The first kappa shape index (κ1) is 13.8. The second kappa shape index (κ2) is 6.04. The van der Waals surface area contributed by atoms with Crippen LogP contribution in [0.3, 0.4) is 0 Å². The van der Waals surface area contributed by atoms with Gasteiger partial charge in [-0.05, 0) is 37.1 Å². The highest BCUT2D eigenvalue weighted by Gasteiger charge is 2.24. The lowest BCUT2D eigenvalue weighted by Crippen LogP contribution is -2.23. The highest BCUT2D eigenvalue weighted by molar-refractivity contribution is 9.10. The third-order valence-electron chi connectivity index (χ3n) is 3.51. The Hall–Kier alpha value is -0.580. The molecule has 1 aliphatic heterocycles. The Bertz CT molecular complexity index is 409. The topological polar surface area (TPSA) is 38.5 Å². The molecular weight excluding hydrogens is 292 g/mol. The number of hydrogen-bond donors (Lipinski definition) is 1. The van der Waals surface area contributed by atoms with Gasteiger partial charge in [-0.25, -0.2) is 0 Å². The maximum atomic E-state index is 6.07. The third-order valence-corrected chi connectivity index (χ3v) is 4.00. The first-order valence-electron chi connectivity index (χ1n) is 6.40. The van der Waals surface area contributed by atoms with Crippen LogP contribution in [-0.4, -0.2) is 26.8 Å². The van der Waals surface area contributed by atoms with E-state index in [1.807, 2.05) is 6.92 Å². The van der Waals surface area contributed by atoms with Gasteiger partial charge in [0.05, 0.1) is 6.61 Å². The molecule has 0 aliphatic carbocycles. The van der Waals surface area contributed by atoms with E-state index in [1.54, 1.807) is 7.11 Å². The molecule has 2 N–H and O–H groups in total. The third kappa shape index (κ3) is 3.05. The van der Waals surface area contributed by atoms with Crippen LogP contribution in [0.5, 0.6) is 0 Å². The Kier molecular flexibility index (Phi) is 4.65. The molecule has 3 nitrogen and oxygen atoms in total. The van der Waals surface area contributed by atoms with E-state index in [2.05, 4.69) is 39.0 Å². The largest absolute Gasteiger partial charge is 0.384 e. The number of anilines is 1. The fraction of sp³-hybridized carbons (Fsp3) is 0.571. The summed E-state index contributed by atoms with van der Waals surface area (Å²) in [5, 5.41) is 0. The number of hydrogen-bond acceptors (Lipinski definition) is 3. The number of nitrogens with two attached hydrogens (primary N) is 1. The quantitative estimate of drug-likeness (QED) is 0.929. The van der Waals surface area contributed by atoms with Crippen LogP contribution in [0.1, 0.15) is 24.9 Å². The Morgan fingerprint density at radius 1 is 1.56 bits per heavy atom. The summed E-state index contributed by atoms with van der Waals surface area (Å²) in [6.07, 6.45) is 1.20. The van der Waals surface area contributed by atoms with Gasteiger partial charge in [0.15, 0.2) is 0 Å². The molecule has 0 saturated carbocycles. The second-order valence-corrected chi connectivity index (χ2v) is 5.96. The fourth-order valence-corrected chi connectivity index (χ4v) is 2.98. The molecule has 1 fully saturated rings. The summed E-state index contributed by atoms with van der Waals surface area (Å²) in [5.74, 6) is 0.638. The van der Waals surface area contributed by atoms with E-state index in [0.29, 0.717) is 5.92 Å². The minimum atomic E-state index is 0.0546. The van der Waals surface area contributed by atoms with Gasteiger partial charge in [0.25, 0.3) is 0 Å². The van der Waals surface area contributed by atoms with E-state index < -0.39 is 0 Å². The summed E-state index contributed by atoms with van der Waals surface area (Å²) < 4.78 is 6.34. The van der Waals surface area contributed by atoms with Crippen molar-refractivity contribution < 1.29 is 4.74 Å². The molecule has 0 spiro atoms. The van der Waals surface area contributed by atoms with Crippen molar-refractivity contribution in [2.45, 2.75) is 19.4 Å². The minimum absolute atomic E-state index is 0.0546. The molecule has 2 atom stereocenters. The average molecular weight is 313 g/mol. The summed E-state index contributed by atoms with van der Waals surface area (Å²) in [6.45, 7) is 5.04. The Morgan fingerprint density at radius 2 is 2.33 bits per heavy atom. The van der Waals surface area contributed by atoms with Crippen LogP contribution in [0.15, 0.2) is 22.7 Å². The zero-order valence-corrected chi connectivity index (χ0v) is 12.6. The highest BCUT2D eigenvalue weighted by Crippen LogP contribution is 2.32. The molecule has 0 amide bonds. The number of methoxy groups -OCH3 is 1. The number of benzene rings is 1. The lowest BCUT2D eigenvalue weighted by atomic mass is 10.1. The summed E-state index contributed by atoms with van der Waals surface area (Å²) in [4.78, 5) is 2.43. The van der Waals surface area contributed by atoms with Gasteiger partial charge in [-0.2, -0.15) is 0 Å². The zero-order valence-electron chi connectivity index (χ0n) is 11.0. The van der Waals surface area contributed by atoms with Crippen LogP contribution in [0.2, 0.25) is 0 Å². The van der Waals surface area contributed by atoms with E-state index in [9.17, 15) is 0 Å². The lowest BCUT2D eigenvalue weighted by Gasteiger charge is -2.24. The van der Waals surface area contributed by atoms with Gasteiger partial charge in [0.2, 0.25) is 0 Å². The SMILES string of the molecule is COCC1CCN(c2ccc(Br)cc2C(C)N)C1. The number of ether oxygens (including phenoxy) is 1. The van der Waals surface area contributed by atoms with Crippen LogP contribution in [0, 0.1) is 5.92 Å². The summed E-state index contributed by atoms with van der Waals surface area (Å²) in [7, 11) is 1.77. The van der Waals surface area contributed by atoms with Crippen molar-refractivity contribution in [1.29, 1.82) is 0 Å². The number of halogens is 1. The molecule has 4 heteroatoms. The molecule has 2 unspecified atom stereocenters. The van der Waals surface area contributed by atoms with Crippen LogP contribution in [-0.2, 0) is 4.74 Å². The molecule has 1 aromatic carbocycles. The van der Waals surface area contributed by atoms with E-state index in [0.717, 1.165) is 24.2 Å². The van der Waals surface area contributed by atoms with Crippen molar-refractivity contribution in [2.75, 3.05) is 31.7 Å². The van der Waals surface area contributed by atoms with E-state index in [4.69, 9.17) is 10.5 Å². The lowest BCUT2D eigenvalue weighted by molar-refractivity contribution is 0.161. The Balaban J connectivity index is 2.18. The Morgan fingerprint density at radius 3 is 3.00 bits per heavy atom. The minimum Gasteiger partial charge on any atom is -0.384 e. The number of nitrogens with zero attached hydrogens (tertiary/aromatic N) is 1. The standard InChI is InChI=1S/C14H21BrN2O/c1-10(16)13-7-12(15)3-4-14(13)17-6-5-11(8-17)9-18-2/h3-4,7,10-11H,5-6,8-9,16H2,1-2H3. The smallest absolute Gasteiger partial charge is 0.0508 e. The van der Waals surface area contributed by atoms with Crippen molar-refractivity contribution in [1.82, 2.24) is 0 Å². The van der Waals surface area contributed by atoms with Gasteiger partial charge in [-0.3, -0.25) is 0 Å². The average Bonchev–Trinajstić information content (AvgIpc) is 2.78. The second-order valence-electron chi connectivity index (χ2n) is 5.05. The highest BCUT2D eigenvalue weighted by atomic mass is 79.9. The van der Waals surface area contributed by atoms with Crippen LogP contribution in [0.4, 0.5) is 5.69 Å². The van der Waals surface area contributed by atoms with Gasteiger partial charge in [0.1, 0.15) is 0 Å². The maximum absolute atomic E-state index is 6.07. The van der Waals surface area contributed by atoms with Crippen molar-refractivity contribution >= 4 is 21.6 Å². The van der Waals surface area contributed by atoms with Gasteiger partial charge < -0.3 is 15.4 Å². The molecule has 1 heterocycles. The predicted molar refractivity (Wildman–Crippen MR) is 78.9 cm³/mol. The molecule has 18 heavy (non-hydrogen) atoms. The van der Waals surface area contributed by atoms with Gasteiger partial charge in [-0.1, -0.05) is 15.9 Å². The van der Waals surface area contributed by atoms with E-state index in [1.165, 1.54) is 17.7 Å². The number of rotatable bonds is 4. The van der Waals surface area contributed by atoms with Crippen LogP contribution in [0.25, 0.3) is 0 Å². The zero-order chi connectivity index (χ0) is 13.1. The van der Waals surface area contributed by atoms with Crippen molar-refractivity contribution in [2.24, 2.45) is 11.7 Å². The van der Waals surface area contributed by atoms with Crippen molar-refractivity contribution in [3.05, 3.63) is 28.2 Å². The van der Waals surface area contributed by atoms with Gasteiger partial charge >= 0.3 is 0 Å². The van der Waals surface area contributed by atoms with Crippen molar-refractivity contribution in [3.63, 3.8) is 0 Å². The molecule has 2 rings (SSSR count). The van der Waals surface area contributed by atoms with Gasteiger partial charge in [0, 0.05) is 42.3 Å². The van der Waals surface area contributed by atoms with Crippen LogP contribution < -0.4 is 10.6 Å². The van der Waals surface area contributed by atoms with E-state index in [-0.39, 0.29) is 6.04 Å². The summed E-state index contributed by atoms with van der Waals surface area (Å²) in [6, 6.07) is 6.44. The Labute approximate surface area is 117 Å². The van der Waals surface area contributed by atoms with Gasteiger partial charge in [-0.15, -0.1) is 0 Å². The maximum Gasteiger partial charge on any atom is 0.0508 e. The molecule has 0 bridgehead atoms. The molecule has 1 saturated heterocycles. The predicted octanol–water partition coefficient (Wildman–Crippen LogP) is 2.94. The monoisotopic (exact) mass is 312 g/mol. The normalized spacial score (nSPS) is 21.3. The first-order valence-corrected chi connectivity index (χ1v) is 7.20. The molecular formula is C14H21BrN2O. The summed E-state index contributed by atoms with van der Waals surface area (Å²) >= 11 is 3.52. The van der Waals surface area contributed by atoms with Crippen molar-refractivity contribution in [3.8, 4) is 0 Å². The fourth-order valence-electron chi connectivity index (χ4n) is 2.60. The molecule has 0 aromatic heterocycles. The van der Waals surface area contributed by atoms with E-state index >= 15 is 0 Å². The first-order chi connectivity index (χ1) is 8.61. The summed E-state index contributed by atoms with van der Waals surface area (Å²) in [5.41, 5.74) is 8.55. The molecule has 1 aromatic rings. The molecule has 100 valence electrons. The molecule has 1 aliphatic rings. The van der Waals surface area contributed by atoms with Crippen LogP contribution >= 0.6 is 15.9 Å².